The number of aryl methyl sites for hydroxylation is 1. The number of carboxylic acids is 1. The molecule has 21 heavy (non-hydrogen) atoms. The number of aromatic amines is 1. The number of carboxylic acid groups (broad SMARTS) is 1. The van der Waals surface area contributed by atoms with Crippen molar-refractivity contribution >= 4 is 22.8 Å². The fourth-order valence-corrected chi connectivity index (χ4v) is 1.99. The summed E-state index contributed by atoms with van der Waals surface area (Å²) < 4.78 is 18.1. The molecule has 0 atom stereocenters. The third-order valence-corrected chi connectivity index (χ3v) is 2.91. The molecule has 7 heteroatoms. The van der Waals surface area contributed by atoms with Crippen LogP contribution in [-0.2, 0) is 9.53 Å². The molecule has 0 saturated carbocycles. The Morgan fingerprint density at radius 1 is 1.38 bits per heavy atom. The van der Waals surface area contributed by atoms with E-state index in [4.69, 9.17) is 9.84 Å². The van der Waals surface area contributed by atoms with Crippen molar-refractivity contribution in [2.24, 2.45) is 0 Å². The monoisotopic (exact) mass is 294 g/mol. The Morgan fingerprint density at radius 3 is 2.86 bits per heavy atom. The Labute approximate surface area is 119 Å². The third-order valence-electron chi connectivity index (χ3n) is 2.91. The first kappa shape index (κ1) is 15.0. The molecule has 3 N–H and O–H groups in total. The van der Waals surface area contributed by atoms with Gasteiger partial charge in [-0.1, -0.05) is 0 Å². The number of hydrogen-bond donors (Lipinski definition) is 3. The van der Waals surface area contributed by atoms with E-state index >= 15 is 0 Å². The van der Waals surface area contributed by atoms with Gasteiger partial charge in [0.2, 0.25) is 0 Å². The highest BCUT2D eigenvalue weighted by atomic mass is 19.1. The topological polar surface area (TPSA) is 91.4 Å². The standard InChI is InChI=1S/C14H15FN2O4/c1-8-4-9(15)5-11-10(8)6-12(17-11)14(20)16-2-3-21-7-13(18)19/h4-6,17H,2-3,7H2,1H3,(H,16,20)(H,18,19). The van der Waals surface area contributed by atoms with Crippen LogP contribution >= 0.6 is 0 Å². The van der Waals surface area contributed by atoms with Crippen LogP contribution in [0.25, 0.3) is 10.9 Å². The van der Waals surface area contributed by atoms with Crippen LogP contribution in [0.2, 0.25) is 0 Å². The second-order valence-electron chi connectivity index (χ2n) is 4.57. The lowest BCUT2D eigenvalue weighted by atomic mass is 10.1. The Kier molecular flexibility index (Phi) is 4.54. The van der Waals surface area contributed by atoms with Crippen molar-refractivity contribution in [3.63, 3.8) is 0 Å². The van der Waals surface area contributed by atoms with E-state index in [9.17, 15) is 14.0 Å². The lowest BCUT2D eigenvalue weighted by molar-refractivity contribution is -0.142. The lowest BCUT2D eigenvalue weighted by Crippen LogP contribution is -2.28. The number of benzene rings is 1. The molecule has 0 bridgehead atoms. The van der Waals surface area contributed by atoms with Gasteiger partial charge < -0.3 is 20.1 Å². The van der Waals surface area contributed by atoms with Crippen LogP contribution in [0, 0.1) is 12.7 Å². The van der Waals surface area contributed by atoms with Crippen molar-refractivity contribution in [2.45, 2.75) is 6.92 Å². The number of aromatic nitrogens is 1. The molecule has 112 valence electrons. The molecule has 0 unspecified atom stereocenters. The average Bonchev–Trinajstić information content (AvgIpc) is 2.82. The largest absolute Gasteiger partial charge is 0.480 e. The summed E-state index contributed by atoms with van der Waals surface area (Å²) in [5.74, 6) is -1.78. The molecular weight excluding hydrogens is 279 g/mol. The molecular formula is C14H15FN2O4. The van der Waals surface area contributed by atoms with E-state index in [1.165, 1.54) is 12.1 Å². The normalized spacial score (nSPS) is 10.8. The molecule has 1 amide bonds. The van der Waals surface area contributed by atoms with Gasteiger partial charge in [0, 0.05) is 17.4 Å². The molecule has 0 aliphatic rings. The fraction of sp³-hybridized carbons (Fsp3) is 0.286. The van der Waals surface area contributed by atoms with Gasteiger partial charge in [0.15, 0.2) is 0 Å². The van der Waals surface area contributed by atoms with Crippen molar-refractivity contribution in [3.8, 4) is 0 Å². The maximum Gasteiger partial charge on any atom is 0.329 e. The van der Waals surface area contributed by atoms with E-state index in [2.05, 4.69) is 10.3 Å². The van der Waals surface area contributed by atoms with Crippen LogP contribution in [0.3, 0.4) is 0 Å². The molecule has 1 heterocycles. The molecule has 0 radical (unpaired) electrons. The summed E-state index contributed by atoms with van der Waals surface area (Å²) in [6.45, 7) is 1.65. The predicted octanol–water partition coefficient (Wildman–Crippen LogP) is 1.45. The van der Waals surface area contributed by atoms with Crippen molar-refractivity contribution in [3.05, 3.63) is 35.3 Å². The maximum absolute atomic E-state index is 13.3. The lowest BCUT2D eigenvalue weighted by Gasteiger charge is -2.03. The van der Waals surface area contributed by atoms with Crippen molar-refractivity contribution in [1.29, 1.82) is 0 Å². The molecule has 0 aliphatic heterocycles. The van der Waals surface area contributed by atoms with E-state index in [0.29, 0.717) is 11.2 Å². The number of amides is 1. The van der Waals surface area contributed by atoms with E-state index in [1.807, 2.05) is 0 Å². The number of aliphatic carboxylic acids is 1. The smallest absolute Gasteiger partial charge is 0.329 e. The van der Waals surface area contributed by atoms with Crippen molar-refractivity contribution in [2.75, 3.05) is 19.8 Å². The van der Waals surface area contributed by atoms with Crippen LogP contribution in [0.5, 0.6) is 0 Å². The van der Waals surface area contributed by atoms with Gasteiger partial charge in [0.05, 0.1) is 6.61 Å². The first-order chi connectivity index (χ1) is 9.97. The second-order valence-corrected chi connectivity index (χ2v) is 4.57. The number of hydrogen-bond acceptors (Lipinski definition) is 3. The number of halogens is 1. The second kappa shape index (κ2) is 6.36. The highest BCUT2D eigenvalue weighted by molar-refractivity contribution is 5.98. The zero-order valence-corrected chi connectivity index (χ0v) is 11.4. The number of fused-ring (bicyclic) bond motifs is 1. The van der Waals surface area contributed by atoms with E-state index in [-0.39, 0.29) is 24.9 Å². The highest BCUT2D eigenvalue weighted by Crippen LogP contribution is 2.21. The van der Waals surface area contributed by atoms with Gasteiger partial charge in [-0.15, -0.1) is 0 Å². The maximum atomic E-state index is 13.3. The number of carbonyl (C=O) groups excluding carboxylic acids is 1. The summed E-state index contributed by atoms with van der Waals surface area (Å²) in [7, 11) is 0. The summed E-state index contributed by atoms with van der Waals surface area (Å²) in [6, 6.07) is 4.38. The van der Waals surface area contributed by atoms with Crippen molar-refractivity contribution < 1.29 is 23.8 Å². The number of H-pyrrole nitrogens is 1. The van der Waals surface area contributed by atoms with Gasteiger partial charge in [-0.25, -0.2) is 9.18 Å². The van der Waals surface area contributed by atoms with Gasteiger partial charge in [0.1, 0.15) is 18.1 Å². The summed E-state index contributed by atoms with van der Waals surface area (Å²) in [4.78, 5) is 25.0. The molecule has 6 nitrogen and oxygen atoms in total. The molecule has 0 aliphatic carbocycles. The number of ether oxygens (including phenoxy) is 1. The Bertz CT molecular complexity index is 681. The summed E-state index contributed by atoms with van der Waals surface area (Å²) in [5.41, 5.74) is 1.61. The SMILES string of the molecule is Cc1cc(F)cc2[nH]c(C(=O)NCCOCC(=O)O)cc12. The van der Waals surface area contributed by atoms with E-state index < -0.39 is 12.6 Å². The number of nitrogens with one attached hydrogen (secondary N) is 2. The van der Waals surface area contributed by atoms with Crippen molar-refractivity contribution in [1.82, 2.24) is 10.3 Å². The summed E-state index contributed by atoms with van der Waals surface area (Å²) >= 11 is 0. The third kappa shape index (κ3) is 3.79. The fourth-order valence-electron chi connectivity index (χ4n) is 1.99. The molecule has 1 aromatic heterocycles. The van der Waals surface area contributed by atoms with Crippen LogP contribution in [0.15, 0.2) is 18.2 Å². The summed E-state index contributed by atoms with van der Waals surface area (Å²) in [5, 5.41) is 11.7. The molecule has 2 aromatic rings. The van der Waals surface area contributed by atoms with E-state index in [0.717, 1.165) is 10.9 Å². The number of carbonyl (C=O) groups is 2. The van der Waals surface area contributed by atoms with Crippen LogP contribution in [0.1, 0.15) is 16.1 Å². The van der Waals surface area contributed by atoms with E-state index in [1.54, 1.807) is 13.0 Å². The average molecular weight is 294 g/mol. The minimum atomic E-state index is -1.06. The zero-order chi connectivity index (χ0) is 15.4. The van der Waals surface area contributed by atoms with Gasteiger partial charge >= 0.3 is 5.97 Å². The zero-order valence-electron chi connectivity index (χ0n) is 11.4. The highest BCUT2D eigenvalue weighted by Gasteiger charge is 2.11. The minimum Gasteiger partial charge on any atom is -0.480 e. The van der Waals surface area contributed by atoms with Gasteiger partial charge in [-0.05, 0) is 30.7 Å². The quantitative estimate of drug-likeness (QED) is 0.703. The van der Waals surface area contributed by atoms with Gasteiger partial charge in [-0.2, -0.15) is 0 Å². The molecule has 0 spiro atoms. The molecule has 0 saturated heterocycles. The van der Waals surface area contributed by atoms with Crippen LogP contribution < -0.4 is 5.32 Å². The first-order valence-corrected chi connectivity index (χ1v) is 6.34. The van der Waals surface area contributed by atoms with Gasteiger partial charge in [-0.3, -0.25) is 4.79 Å². The molecule has 2 rings (SSSR count). The summed E-state index contributed by atoms with van der Waals surface area (Å²) in [6.07, 6.45) is 0. The number of rotatable bonds is 6. The van der Waals surface area contributed by atoms with Crippen LogP contribution in [-0.4, -0.2) is 41.7 Å². The molecule has 0 fully saturated rings. The predicted molar refractivity (Wildman–Crippen MR) is 73.8 cm³/mol. The Hall–Kier alpha value is -2.41. The Morgan fingerprint density at radius 2 is 2.14 bits per heavy atom. The van der Waals surface area contributed by atoms with Gasteiger partial charge in [0.25, 0.3) is 5.91 Å². The minimum absolute atomic E-state index is 0.103. The molecule has 1 aromatic carbocycles. The van der Waals surface area contributed by atoms with Crippen LogP contribution in [0.4, 0.5) is 4.39 Å². The Balaban J connectivity index is 1.97. The first-order valence-electron chi connectivity index (χ1n) is 6.34.